The lowest BCUT2D eigenvalue weighted by Crippen LogP contribution is -2.16. The van der Waals surface area contributed by atoms with Crippen LogP contribution < -0.4 is 5.73 Å². The van der Waals surface area contributed by atoms with E-state index in [9.17, 15) is 4.39 Å². The first-order valence-electron chi connectivity index (χ1n) is 5.60. The Morgan fingerprint density at radius 2 is 2.05 bits per heavy atom. The molecule has 2 rings (SSSR count). The van der Waals surface area contributed by atoms with Gasteiger partial charge in [-0.15, -0.1) is 5.10 Å². The molecule has 0 aliphatic heterocycles. The summed E-state index contributed by atoms with van der Waals surface area (Å²) in [5.41, 5.74) is 7.70. The van der Waals surface area contributed by atoms with Crippen molar-refractivity contribution in [2.45, 2.75) is 23.8 Å². The molecule has 19 heavy (non-hydrogen) atoms. The van der Waals surface area contributed by atoms with E-state index in [-0.39, 0.29) is 11.7 Å². The fourth-order valence-corrected chi connectivity index (χ4v) is 2.61. The molecular weight excluding hydrogens is 263 g/mol. The number of aryl methyl sites for hydroxylation is 1. The van der Waals surface area contributed by atoms with E-state index in [4.69, 9.17) is 11.1 Å². The quantitative estimate of drug-likeness (QED) is 0.667. The van der Waals surface area contributed by atoms with E-state index in [1.165, 1.54) is 23.9 Å². The van der Waals surface area contributed by atoms with Gasteiger partial charge in [-0.25, -0.2) is 4.39 Å². The Morgan fingerprint density at radius 3 is 2.68 bits per heavy atom. The monoisotopic (exact) mass is 276 g/mol. The van der Waals surface area contributed by atoms with Crippen LogP contribution in [-0.4, -0.2) is 16.0 Å². The van der Waals surface area contributed by atoms with Crippen molar-refractivity contribution in [3.63, 3.8) is 0 Å². The summed E-state index contributed by atoms with van der Waals surface area (Å²) in [6.45, 7) is 3.65. The van der Waals surface area contributed by atoms with Crippen LogP contribution in [0.15, 0.2) is 34.2 Å². The maximum Gasteiger partial charge on any atom is 0.135 e. The summed E-state index contributed by atoms with van der Waals surface area (Å²) in [5.74, 6) is -0.374. The number of benzene rings is 1. The van der Waals surface area contributed by atoms with Gasteiger partial charge in [0.15, 0.2) is 0 Å². The van der Waals surface area contributed by atoms with E-state index in [1.54, 1.807) is 12.1 Å². The summed E-state index contributed by atoms with van der Waals surface area (Å²) in [6.07, 6.45) is 0. The number of hydrogen-bond donors (Lipinski definition) is 2. The van der Waals surface area contributed by atoms with Crippen molar-refractivity contribution in [2.75, 3.05) is 0 Å². The van der Waals surface area contributed by atoms with Gasteiger partial charge in [0, 0.05) is 4.90 Å². The molecule has 3 N–H and O–H groups in total. The average Bonchev–Trinajstić information content (AvgIpc) is 2.33. The number of halogens is 1. The molecule has 98 valence electrons. The maximum atomic E-state index is 13.2. The maximum absolute atomic E-state index is 13.2. The fraction of sp³-hybridized carbons (Fsp3) is 0.154. The minimum Gasteiger partial charge on any atom is -0.384 e. The zero-order chi connectivity index (χ0) is 14.0. The Hall–Kier alpha value is -1.95. The third kappa shape index (κ3) is 2.90. The second-order valence-electron chi connectivity index (χ2n) is 4.06. The molecule has 0 amide bonds. The van der Waals surface area contributed by atoms with Crippen molar-refractivity contribution in [1.29, 1.82) is 5.41 Å². The van der Waals surface area contributed by atoms with E-state index in [0.29, 0.717) is 15.5 Å². The van der Waals surface area contributed by atoms with Gasteiger partial charge < -0.3 is 5.73 Å². The number of nitrogens with zero attached hydrogens (tertiary/aromatic N) is 2. The summed E-state index contributed by atoms with van der Waals surface area (Å²) in [6, 6.07) is 6.18. The Balaban J connectivity index is 2.46. The lowest BCUT2D eigenvalue weighted by molar-refractivity contribution is 0.624. The van der Waals surface area contributed by atoms with Crippen molar-refractivity contribution in [2.24, 2.45) is 5.73 Å². The SMILES string of the molecule is Cc1nnc(Sc2cccc(F)c2)c(C(=N)N)c1C. The van der Waals surface area contributed by atoms with Gasteiger partial charge in [-0.1, -0.05) is 17.8 Å². The molecular formula is C13H13FN4S. The molecule has 4 nitrogen and oxygen atoms in total. The van der Waals surface area contributed by atoms with Crippen LogP contribution in [-0.2, 0) is 0 Å². The molecule has 0 radical (unpaired) electrons. The van der Waals surface area contributed by atoms with Gasteiger partial charge in [-0.05, 0) is 37.6 Å². The molecule has 0 saturated carbocycles. The minimum absolute atomic E-state index is 0.0607. The van der Waals surface area contributed by atoms with Crippen molar-refractivity contribution < 1.29 is 4.39 Å². The van der Waals surface area contributed by atoms with E-state index in [1.807, 2.05) is 13.8 Å². The third-order valence-electron chi connectivity index (χ3n) is 2.70. The van der Waals surface area contributed by atoms with Crippen LogP contribution in [0.1, 0.15) is 16.8 Å². The topological polar surface area (TPSA) is 75.7 Å². The highest BCUT2D eigenvalue weighted by atomic mass is 32.2. The molecule has 1 aromatic heterocycles. The Bertz CT molecular complexity index is 643. The number of rotatable bonds is 3. The second kappa shape index (κ2) is 5.36. The zero-order valence-electron chi connectivity index (χ0n) is 10.6. The van der Waals surface area contributed by atoms with Crippen molar-refractivity contribution >= 4 is 17.6 Å². The van der Waals surface area contributed by atoms with Crippen molar-refractivity contribution in [3.05, 3.63) is 46.9 Å². The number of aromatic nitrogens is 2. The number of hydrogen-bond acceptors (Lipinski definition) is 4. The van der Waals surface area contributed by atoms with Crippen LogP contribution in [0.25, 0.3) is 0 Å². The highest BCUT2D eigenvalue weighted by Crippen LogP contribution is 2.30. The summed E-state index contributed by atoms with van der Waals surface area (Å²) >= 11 is 1.25. The largest absolute Gasteiger partial charge is 0.384 e. The van der Waals surface area contributed by atoms with Crippen molar-refractivity contribution in [1.82, 2.24) is 10.2 Å². The van der Waals surface area contributed by atoms with Gasteiger partial charge in [0.05, 0.1) is 11.3 Å². The van der Waals surface area contributed by atoms with E-state index in [2.05, 4.69) is 10.2 Å². The molecule has 0 saturated heterocycles. The summed E-state index contributed by atoms with van der Waals surface area (Å²) in [5, 5.41) is 16.2. The molecule has 0 spiro atoms. The van der Waals surface area contributed by atoms with Crippen molar-refractivity contribution in [3.8, 4) is 0 Å². The van der Waals surface area contributed by atoms with E-state index < -0.39 is 0 Å². The first kappa shape index (κ1) is 13.5. The van der Waals surface area contributed by atoms with Crippen LogP contribution in [0, 0.1) is 25.1 Å². The second-order valence-corrected chi connectivity index (χ2v) is 5.13. The highest BCUT2D eigenvalue weighted by molar-refractivity contribution is 7.99. The van der Waals surface area contributed by atoms with Gasteiger partial charge in [0.1, 0.15) is 16.7 Å². The Kier molecular flexibility index (Phi) is 3.80. The van der Waals surface area contributed by atoms with Gasteiger partial charge in [0.2, 0.25) is 0 Å². The molecule has 6 heteroatoms. The van der Waals surface area contributed by atoms with Crippen LogP contribution >= 0.6 is 11.8 Å². The zero-order valence-corrected chi connectivity index (χ0v) is 11.4. The number of nitrogens with one attached hydrogen (secondary N) is 1. The third-order valence-corrected chi connectivity index (χ3v) is 3.67. The van der Waals surface area contributed by atoms with Crippen LogP contribution in [0.4, 0.5) is 4.39 Å². The lowest BCUT2D eigenvalue weighted by Gasteiger charge is -2.10. The molecule has 0 aliphatic rings. The van der Waals surface area contributed by atoms with Gasteiger partial charge in [-0.3, -0.25) is 5.41 Å². The summed E-state index contributed by atoms with van der Waals surface area (Å²) < 4.78 is 13.2. The summed E-state index contributed by atoms with van der Waals surface area (Å²) in [7, 11) is 0. The highest BCUT2D eigenvalue weighted by Gasteiger charge is 2.15. The summed E-state index contributed by atoms with van der Waals surface area (Å²) in [4.78, 5) is 0.694. The van der Waals surface area contributed by atoms with E-state index >= 15 is 0 Å². The molecule has 0 bridgehead atoms. The number of amidine groups is 1. The fourth-order valence-electron chi connectivity index (χ4n) is 1.62. The molecule has 0 unspecified atom stereocenters. The standard InChI is InChI=1S/C13H13FN4S/c1-7-8(2)17-18-13(11(7)12(15)16)19-10-5-3-4-9(14)6-10/h3-6H,1-2H3,(H3,15,16). The Labute approximate surface area is 114 Å². The van der Waals surface area contributed by atoms with Gasteiger partial charge in [-0.2, -0.15) is 5.10 Å². The predicted octanol–water partition coefficient (Wildman–Crippen LogP) is 2.67. The van der Waals surface area contributed by atoms with Crippen LogP contribution in [0.3, 0.4) is 0 Å². The molecule has 0 atom stereocenters. The molecule has 1 heterocycles. The average molecular weight is 276 g/mol. The normalized spacial score (nSPS) is 10.5. The number of nitrogens with two attached hydrogens (primary N) is 1. The number of nitrogen functional groups attached to an aromatic ring is 1. The van der Waals surface area contributed by atoms with Gasteiger partial charge in [0.25, 0.3) is 0 Å². The Morgan fingerprint density at radius 1 is 1.32 bits per heavy atom. The van der Waals surface area contributed by atoms with Gasteiger partial charge >= 0.3 is 0 Å². The first-order chi connectivity index (χ1) is 8.99. The molecule has 1 aromatic carbocycles. The van der Waals surface area contributed by atoms with E-state index in [0.717, 1.165) is 11.3 Å². The van der Waals surface area contributed by atoms with Crippen LogP contribution in [0.5, 0.6) is 0 Å². The molecule has 0 fully saturated rings. The molecule has 0 aliphatic carbocycles. The van der Waals surface area contributed by atoms with Crippen LogP contribution in [0.2, 0.25) is 0 Å². The minimum atomic E-state index is -0.314. The molecule has 2 aromatic rings. The lowest BCUT2D eigenvalue weighted by atomic mass is 10.1. The smallest absolute Gasteiger partial charge is 0.135 e. The predicted molar refractivity (Wildman–Crippen MR) is 73.0 cm³/mol. The first-order valence-corrected chi connectivity index (χ1v) is 6.42.